The van der Waals surface area contributed by atoms with E-state index in [0.717, 1.165) is 25.6 Å². The first-order valence-electron chi connectivity index (χ1n) is 5.23. The fraction of sp³-hybridized carbons (Fsp3) is 0.818. The van der Waals surface area contributed by atoms with Gasteiger partial charge in [-0.1, -0.05) is 12.8 Å². The van der Waals surface area contributed by atoms with Crippen LogP contribution in [0.4, 0.5) is 0 Å². The van der Waals surface area contributed by atoms with E-state index in [-0.39, 0.29) is 0 Å². The van der Waals surface area contributed by atoms with Crippen molar-refractivity contribution in [1.29, 1.82) is 0 Å². The lowest BCUT2D eigenvalue weighted by atomic mass is 10.1. The van der Waals surface area contributed by atoms with Gasteiger partial charge in [0.15, 0.2) is 0 Å². The van der Waals surface area contributed by atoms with Crippen molar-refractivity contribution in [2.45, 2.75) is 19.8 Å². The standard InChI is InChI=1S/C11H20N2/c1-3-8-13(4-2)9-6-11-5-7-12-10-11/h1,11-12H,4-10H2,2H3. The molecule has 1 aliphatic rings. The quantitative estimate of drug-likeness (QED) is 0.633. The average Bonchev–Trinajstić information content (AvgIpc) is 2.64. The summed E-state index contributed by atoms with van der Waals surface area (Å²) in [6.07, 6.45) is 7.92. The van der Waals surface area contributed by atoms with E-state index in [4.69, 9.17) is 6.42 Å². The minimum atomic E-state index is 0.802. The SMILES string of the molecule is C#CCN(CC)CCC1CCNC1. The van der Waals surface area contributed by atoms with Crippen LogP contribution in [0.25, 0.3) is 0 Å². The minimum absolute atomic E-state index is 0.802. The van der Waals surface area contributed by atoms with E-state index in [2.05, 4.69) is 23.1 Å². The molecule has 1 unspecified atom stereocenters. The fourth-order valence-corrected chi connectivity index (χ4v) is 1.80. The summed E-state index contributed by atoms with van der Waals surface area (Å²) in [6.45, 7) is 7.61. The van der Waals surface area contributed by atoms with Gasteiger partial charge in [0, 0.05) is 0 Å². The average molecular weight is 180 g/mol. The molecule has 74 valence electrons. The molecule has 1 rings (SSSR count). The molecule has 2 heteroatoms. The van der Waals surface area contributed by atoms with Crippen LogP contribution >= 0.6 is 0 Å². The van der Waals surface area contributed by atoms with Gasteiger partial charge in [-0.2, -0.15) is 0 Å². The summed E-state index contributed by atoms with van der Waals surface area (Å²) in [5.74, 6) is 3.59. The Labute approximate surface area is 81.7 Å². The predicted molar refractivity (Wildman–Crippen MR) is 56.5 cm³/mol. The summed E-state index contributed by atoms with van der Waals surface area (Å²) in [5.41, 5.74) is 0. The van der Waals surface area contributed by atoms with Crippen molar-refractivity contribution >= 4 is 0 Å². The number of hydrogen-bond donors (Lipinski definition) is 1. The monoisotopic (exact) mass is 180 g/mol. The lowest BCUT2D eigenvalue weighted by Gasteiger charge is -2.19. The molecule has 0 spiro atoms. The third-order valence-corrected chi connectivity index (χ3v) is 2.78. The third kappa shape index (κ3) is 3.80. The fourth-order valence-electron chi connectivity index (χ4n) is 1.80. The van der Waals surface area contributed by atoms with Gasteiger partial charge in [-0.3, -0.25) is 4.90 Å². The molecule has 0 aromatic rings. The number of terminal acetylenes is 1. The van der Waals surface area contributed by atoms with Crippen LogP contribution in [0.3, 0.4) is 0 Å². The summed E-state index contributed by atoms with van der Waals surface area (Å²) in [7, 11) is 0. The molecule has 0 bridgehead atoms. The Balaban J connectivity index is 2.11. The number of nitrogens with one attached hydrogen (secondary N) is 1. The molecule has 0 amide bonds. The molecule has 0 aliphatic carbocycles. The van der Waals surface area contributed by atoms with Crippen LogP contribution in [0.2, 0.25) is 0 Å². The smallest absolute Gasteiger partial charge is 0.0598 e. The molecule has 1 fully saturated rings. The van der Waals surface area contributed by atoms with Gasteiger partial charge in [0.2, 0.25) is 0 Å². The van der Waals surface area contributed by atoms with E-state index < -0.39 is 0 Å². The number of hydrogen-bond acceptors (Lipinski definition) is 2. The molecule has 0 radical (unpaired) electrons. The zero-order valence-electron chi connectivity index (χ0n) is 8.55. The van der Waals surface area contributed by atoms with Gasteiger partial charge >= 0.3 is 0 Å². The van der Waals surface area contributed by atoms with Crippen LogP contribution in [0.15, 0.2) is 0 Å². The summed E-state index contributed by atoms with van der Waals surface area (Å²) < 4.78 is 0. The second-order valence-electron chi connectivity index (χ2n) is 3.72. The molecule has 1 atom stereocenters. The molecule has 1 heterocycles. The number of rotatable bonds is 5. The highest BCUT2D eigenvalue weighted by molar-refractivity contribution is 4.88. The lowest BCUT2D eigenvalue weighted by molar-refractivity contribution is 0.296. The van der Waals surface area contributed by atoms with Crippen molar-refractivity contribution in [3.05, 3.63) is 0 Å². The van der Waals surface area contributed by atoms with Gasteiger partial charge < -0.3 is 5.32 Å². The summed E-state index contributed by atoms with van der Waals surface area (Å²) in [6, 6.07) is 0. The van der Waals surface area contributed by atoms with E-state index in [0.29, 0.717) is 0 Å². The lowest BCUT2D eigenvalue weighted by Crippen LogP contribution is -2.26. The molecule has 1 aliphatic heterocycles. The van der Waals surface area contributed by atoms with Gasteiger partial charge in [0.1, 0.15) is 0 Å². The maximum atomic E-state index is 5.28. The first-order valence-corrected chi connectivity index (χ1v) is 5.23. The van der Waals surface area contributed by atoms with Gasteiger partial charge in [0.25, 0.3) is 0 Å². The molecular formula is C11H20N2. The maximum Gasteiger partial charge on any atom is 0.0598 e. The van der Waals surface area contributed by atoms with Gasteiger partial charge in [-0.25, -0.2) is 0 Å². The summed E-state index contributed by atoms with van der Waals surface area (Å²) in [5, 5.41) is 3.39. The van der Waals surface area contributed by atoms with E-state index in [1.54, 1.807) is 0 Å². The first kappa shape index (κ1) is 10.6. The molecule has 0 aromatic carbocycles. The molecule has 1 N–H and O–H groups in total. The normalized spacial score (nSPS) is 22.1. The van der Waals surface area contributed by atoms with Crippen molar-refractivity contribution in [3.8, 4) is 12.3 Å². The Kier molecular flexibility index (Phi) is 4.88. The second-order valence-corrected chi connectivity index (χ2v) is 3.72. The van der Waals surface area contributed by atoms with E-state index in [1.165, 1.54) is 25.9 Å². The Morgan fingerprint density at radius 3 is 3.00 bits per heavy atom. The Morgan fingerprint density at radius 2 is 2.46 bits per heavy atom. The van der Waals surface area contributed by atoms with Crippen LogP contribution in [0, 0.1) is 18.3 Å². The van der Waals surface area contributed by atoms with Crippen molar-refractivity contribution < 1.29 is 0 Å². The second kappa shape index (κ2) is 6.01. The summed E-state index contributed by atoms with van der Waals surface area (Å²) in [4.78, 5) is 2.33. The van der Waals surface area contributed by atoms with Crippen molar-refractivity contribution in [1.82, 2.24) is 10.2 Å². The van der Waals surface area contributed by atoms with Gasteiger partial charge in [0.05, 0.1) is 6.54 Å². The highest BCUT2D eigenvalue weighted by Gasteiger charge is 2.14. The first-order chi connectivity index (χ1) is 6.36. The Bertz CT molecular complexity index is 165. The van der Waals surface area contributed by atoms with Crippen LogP contribution in [0.5, 0.6) is 0 Å². The molecule has 13 heavy (non-hydrogen) atoms. The zero-order valence-corrected chi connectivity index (χ0v) is 8.55. The van der Waals surface area contributed by atoms with E-state index >= 15 is 0 Å². The zero-order chi connectivity index (χ0) is 9.52. The van der Waals surface area contributed by atoms with Crippen molar-refractivity contribution in [2.24, 2.45) is 5.92 Å². The molecule has 0 saturated carbocycles. The van der Waals surface area contributed by atoms with Crippen molar-refractivity contribution in [2.75, 3.05) is 32.7 Å². The van der Waals surface area contributed by atoms with E-state index in [1.807, 2.05) is 0 Å². The minimum Gasteiger partial charge on any atom is -0.316 e. The highest BCUT2D eigenvalue weighted by Crippen LogP contribution is 2.12. The molecule has 0 aromatic heterocycles. The van der Waals surface area contributed by atoms with Crippen LogP contribution < -0.4 is 5.32 Å². The van der Waals surface area contributed by atoms with Gasteiger partial charge in [-0.15, -0.1) is 6.42 Å². The molecule has 2 nitrogen and oxygen atoms in total. The van der Waals surface area contributed by atoms with Gasteiger partial charge in [-0.05, 0) is 44.9 Å². The molecule has 1 saturated heterocycles. The van der Waals surface area contributed by atoms with E-state index in [9.17, 15) is 0 Å². The van der Waals surface area contributed by atoms with Crippen LogP contribution in [-0.4, -0.2) is 37.6 Å². The topological polar surface area (TPSA) is 15.3 Å². The Hall–Kier alpha value is -0.520. The molecular weight excluding hydrogens is 160 g/mol. The van der Waals surface area contributed by atoms with Crippen LogP contribution in [0.1, 0.15) is 19.8 Å². The maximum absolute atomic E-state index is 5.28. The van der Waals surface area contributed by atoms with Crippen LogP contribution in [-0.2, 0) is 0 Å². The summed E-state index contributed by atoms with van der Waals surface area (Å²) >= 11 is 0. The largest absolute Gasteiger partial charge is 0.316 e. The third-order valence-electron chi connectivity index (χ3n) is 2.78. The Morgan fingerprint density at radius 1 is 1.62 bits per heavy atom. The van der Waals surface area contributed by atoms with Crippen molar-refractivity contribution in [3.63, 3.8) is 0 Å². The number of nitrogens with zero attached hydrogens (tertiary/aromatic N) is 1. The predicted octanol–water partition coefficient (Wildman–Crippen LogP) is 0.941. The highest BCUT2D eigenvalue weighted by atomic mass is 15.1.